The van der Waals surface area contributed by atoms with E-state index in [9.17, 15) is 14.4 Å². The van der Waals surface area contributed by atoms with Crippen molar-refractivity contribution in [2.24, 2.45) is 5.92 Å². The Morgan fingerprint density at radius 1 is 1.21 bits per heavy atom. The Morgan fingerprint density at radius 2 is 1.95 bits per heavy atom. The second-order valence-electron chi connectivity index (χ2n) is 5.16. The summed E-state index contributed by atoms with van der Waals surface area (Å²) in [5.41, 5.74) is 0. The Balaban J connectivity index is 2.03. The summed E-state index contributed by atoms with van der Waals surface area (Å²) in [6, 6.07) is 0. The summed E-state index contributed by atoms with van der Waals surface area (Å²) in [4.78, 5) is 34.8. The number of unbranched alkanes of at least 4 members (excludes halogenated alkanes) is 2. The number of hydrogen-bond donors (Lipinski definition) is 0. The first kappa shape index (κ1) is 15.6. The predicted octanol–water partition coefficient (Wildman–Crippen LogP) is 2.13. The first-order valence-corrected chi connectivity index (χ1v) is 7.05. The van der Waals surface area contributed by atoms with Crippen LogP contribution in [0.4, 0.5) is 0 Å². The molecule has 4 nitrogen and oxygen atoms in total. The highest BCUT2D eigenvalue weighted by Gasteiger charge is 2.24. The van der Waals surface area contributed by atoms with Gasteiger partial charge in [0.1, 0.15) is 12.1 Å². The fourth-order valence-electron chi connectivity index (χ4n) is 2.12. The van der Waals surface area contributed by atoms with Crippen LogP contribution in [0.3, 0.4) is 0 Å². The standard InChI is InChI=1S/C15H23NO3/c1-16(15(19)10-6-12-17)11-4-2-3-9-14(18)13-7-5-8-13/h6,10,12-13H,2-5,7-9,11H2,1H3/b10-6-. The van der Waals surface area contributed by atoms with Crippen LogP contribution in [0.5, 0.6) is 0 Å². The molecule has 1 saturated carbocycles. The molecular weight excluding hydrogens is 242 g/mol. The van der Waals surface area contributed by atoms with Crippen LogP contribution >= 0.6 is 0 Å². The van der Waals surface area contributed by atoms with Crippen LogP contribution in [0.2, 0.25) is 0 Å². The Kier molecular flexibility index (Phi) is 7.08. The number of allylic oxidation sites excluding steroid dienone is 1. The Morgan fingerprint density at radius 3 is 2.53 bits per heavy atom. The Hall–Kier alpha value is -1.45. The van der Waals surface area contributed by atoms with Gasteiger partial charge >= 0.3 is 0 Å². The van der Waals surface area contributed by atoms with Crippen LogP contribution in [0, 0.1) is 5.92 Å². The summed E-state index contributed by atoms with van der Waals surface area (Å²) in [7, 11) is 1.72. The fourth-order valence-corrected chi connectivity index (χ4v) is 2.12. The summed E-state index contributed by atoms with van der Waals surface area (Å²) in [6.07, 6.45) is 9.91. The highest BCUT2D eigenvalue weighted by Crippen LogP contribution is 2.28. The van der Waals surface area contributed by atoms with E-state index in [0.29, 0.717) is 31.0 Å². The molecule has 1 aliphatic carbocycles. The van der Waals surface area contributed by atoms with Crippen LogP contribution in [0.15, 0.2) is 12.2 Å². The number of amides is 1. The SMILES string of the molecule is CN(CCCCCC(=O)C1CCC1)C(=O)/C=C\C=O. The summed E-state index contributed by atoms with van der Waals surface area (Å²) < 4.78 is 0. The Bertz CT molecular complexity index is 345. The molecule has 0 bridgehead atoms. The second-order valence-corrected chi connectivity index (χ2v) is 5.16. The fraction of sp³-hybridized carbons (Fsp3) is 0.667. The third-order valence-electron chi connectivity index (χ3n) is 3.67. The highest BCUT2D eigenvalue weighted by molar-refractivity contribution is 5.90. The predicted molar refractivity (Wildman–Crippen MR) is 73.7 cm³/mol. The maximum atomic E-state index is 11.6. The van der Waals surface area contributed by atoms with E-state index in [2.05, 4.69) is 0 Å². The number of carbonyl (C=O) groups is 3. The quantitative estimate of drug-likeness (QED) is 0.364. The minimum atomic E-state index is -0.155. The number of nitrogens with zero attached hydrogens (tertiary/aromatic N) is 1. The average molecular weight is 265 g/mol. The minimum Gasteiger partial charge on any atom is -0.342 e. The lowest BCUT2D eigenvalue weighted by atomic mass is 9.81. The zero-order chi connectivity index (χ0) is 14.1. The molecule has 0 spiro atoms. The van der Waals surface area contributed by atoms with Gasteiger partial charge in [-0.2, -0.15) is 0 Å². The van der Waals surface area contributed by atoms with Gasteiger partial charge in [-0.3, -0.25) is 14.4 Å². The van der Waals surface area contributed by atoms with Gasteiger partial charge in [0.25, 0.3) is 0 Å². The molecule has 106 valence electrons. The summed E-state index contributed by atoms with van der Waals surface area (Å²) >= 11 is 0. The van der Waals surface area contributed by atoms with Crippen molar-refractivity contribution < 1.29 is 14.4 Å². The average Bonchev–Trinajstić information content (AvgIpc) is 2.33. The van der Waals surface area contributed by atoms with E-state index in [-0.39, 0.29) is 5.91 Å². The molecule has 0 unspecified atom stereocenters. The maximum absolute atomic E-state index is 11.6. The topological polar surface area (TPSA) is 54.5 Å². The molecule has 0 N–H and O–H groups in total. The van der Waals surface area contributed by atoms with E-state index in [1.165, 1.54) is 18.6 Å². The van der Waals surface area contributed by atoms with Crippen LogP contribution < -0.4 is 0 Å². The van der Waals surface area contributed by atoms with Crippen molar-refractivity contribution in [3.05, 3.63) is 12.2 Å². The molecule has 1 rings (SSSR count). The molecule has 4 heteroatoms. The molecule has 1 aliphatic rings. The molecule has 0 saturated heterocycles. The summed E-state index contributed by atoms with van der Waals surface area (Å²) in [5, 5.41) is 0. The normalized spacial score (nSPS) is 15.2. The van der Waals surface area contributed by atoms with Gasteiger partial charge in [0.2, 0.25) is 5.91 Å². The van der Waals surface area contributed by atoms with Crippen molar-refractivity contribution in [3.63, 3.8) is 0 Å². The number of carbonyl (C=O) groups excluding carboxylic acids is 3. The number of rotatable bonds is 9. The number of Topliss-reactive ketones (excluding diaryl/α,β-unsaturated/α-hetero) is 1. The second kappa shape index (κ2) is 8.62. The van der Waals surface area contributed by atoms with E-state index in [4.69, 9.17) is 0 Å². The van der Waals surface area contributed by atoms with Crippen LogP contribution in [0.1, 0.15) is 44.9 Å². The largest absolute Gasteiger partial charge is 0.342 e. The van der Waals surface area contributed by atoms with E-state index in [0.717, 1.165) is 32.1 Å². The lowest BCUT2D eigenvalue weighted by Crippen LogP contribution is -2.26. The molecule has 0 aromatic carbocycles. The van der Waals surface area contributed by atoms with Crippen LogP contribution in [-0.2, 0) is 14.4 Å². The number of ketones is 1. The van der Waals surface area contributed by atoms with Crippen LogP contribution in [-0.4, -0.2) is 36.5 Å². The monoisotopic (exact) mass is 265 g/mol. The number of hydrogen-bond acceptors (Lipinski definition) is 3. The van der Waals surface area contributed by atoms with Crippen molar-refractivity contribution in [1.29, 1.82) is 0 Å². The molecule has 0 heterocycles. The van der Waals surface area contributed by atoms with Crippen molar-refractivity contribution in [2.75, 3.05) is 13.6 Å². The molecule has 0 radical (unpaired) electrons. The maximum Gasteiger partial charge on any atom is 0.246 e. The number of aldehydes is 1. The molecule has 1 fully saturated rings. The summed E-state index contributed by atoms with van der Waals surface area (Å²) in [6.45, 7) is 0.666. The molecule has 19 heavy (non-hydrogen) atoms. The first-order valence-electron chi connectivity index (χ1n) is 7.05. The number of likely N-dealkylation sites (N-methyl/N-ethyl adjacent to an activating group) is 1. The Labute approximate surface area is 114 Å². The van der Waals surface area contributed by atoms with Gasteiger partial charge in [-0.15, -0.1) is 0 Å². The van der Waals surface area contributed by atoms with Gasteiger partial charge in [0.15, 0.2) is 0 Å². The van der Waals surface area contributed by atoms with Gasteiger partial charge in [-0.05, 0) is 31.8 Å². The van der Waals surface area contributed by atoms with Gasteiger partial charge in [-0.25, -0.2) is 0 Å². The van der Waals surface area contributed by atoms with Gasteiger partial charge in [-0.1, -0.05) is 12.8 Å². The zero-order valence-electron chi connectivity index (χ0n) is 11.6. The zero-order valence-corrected chi connectivity index (χ0v) is 11.6. The molecule has 0 aliphatic heterocycles. The van der Waals surface area contributed by atoms with E-state index in [1.807, 2.05) is 0 Å². The van der Waals surface area contributed by atoms with Crippen molar-refractivity contribution >= 4 is 18.0 Å². The van der Waals surface area contributed by atoms with E-state index in [1.54, 1.807) is 11.9 Å². The third kappa shape index (κ3) is 5.81. The molecule has 0 aromatic heterocycles. The lowest BCUT2D eigenvalue weighted by Gasteiger charge is -2.23. The first-order chi connectivity index (χ1) is 9.15. The van der Waals surface area contributed by atoms with Crippen molar-refractivity contribution in [1.82, 2.24) is 4.90 Å². The molecular formula is C15H23NO3. The lowest BCUT2D eigenvalue weighted by molar-refractivity contribution is -0.126. The van der Waals surface area contributed by atoms with Crippen molar-refractivity contribution in [3.8, 4) is 0 Å². The smallest absolute Gasteiger partial charge is 0.246 e. The third-order valence-corrected chi connectivity index (χ3v) is 3.67. The molecule has 0 aromatic rings. The summed E-state index contributed by atoms with van der Waals surface area (Å²) in [5.74, 6) is 0.611. The van der Waals surface area contributed by atoms with Crippen LogP contribution in [0.25, 0.3) is 0 Å². The van der Waals surface area contributed by atoms with Crippen molar-refractivity contribution in [2.45, 2.75) is 44.9 Å². The highest BCUT2D eigenvalue weighted by atomic mass is 16.2. The van der Waals surface area contributed by atoms with Gasteiger partial charge < -0.3 is 4.90 Å². The van der Waals surface area contributed by atoms with E-state index >= 15 is 0 Å². The minimum absolute atomic E-state index is 0.155. The van der Waals surface area contributed by atoms with Gasteiger partial charge in [0.05, 0.1) is 0 Å². The van der Waals surface area contributed by atoms with E-state index < -0.39 is 0 Å². The molecule has 0 atom stereocenters. The molecule has 1 amide bonds. The van der Waals surface area contributed by atoms with Gasteiger partial charge in [0, 0.05) is 32.0 Å².